The molecule has 0 atom stereocenters. The minimum Gasteiger partial charge on any atom is -0.494 e. The maximum atomic E-state index is 13.5. The van der Waals surface area contributed by atoms with Crippen molar-refractivity contribution < 1.29 is 9.13 Å². The molecule has 1 aromatic carbocycles. The Morgan fingerprint density at radius 1 is 1.28 bits per heavy atom. The molecular formula is C14H16FNOS. The Kier molecular flexibility index (Phi) is 3.87. The summed E-state index contributed by atoms with van der Waals surface area (Å²) in [5, 5.41) is 3.22. The van der Waals surface area contributed by atoms with Crippen molar-refractivity contribution in [3.8, 4) is 5.75 Å². The Morgan fingerprint density at radius 2 is 2.06 bits per heavy atom. The van der Waals surface area contributed by atoms with Crippen LogP contribution < -0.4 is 10.1 Å². The first-order chi connectivity index (χ1) is 8.60. The van der Waals surface area contributed by atoms with Crippen LogP contribution in [-0.4, -0.2) is 7.11 Å². The van der Waals surface area contributed by atoms with E-state index in [0.717, 1.165) is 5.69 Å². The number of nitrogens with one attached hydrogen (secondary N) is 1. The fourth-order valence-electron chi connectivity index (χ4n) is 1.83. The van der Waals surface area contributed by atoms with Crippen LogP contribution in [0, 0.1) is 19.7 Å². The van der Waals surface area contributed by atoms with Crippen LogP contribution in [0.2, 0.25) is 0 Å². The lowest BCUT2D eigenvalue weighted by Crippen LogP contribution is -2.00. The molecule has 1 heterocycles. The molecule has 1 aromatic heterocycles. The van der Waals surface area contributed by atoms with E-state index in [1.807, 2.05) is 6.07 Å². The van der Waals surface area contributed by atoms with Crippen molar-refractivity contribution >= 4 is 17.0 Å². The van der Waals surface area contributed by atoms with Crippen LogP contribution in [0.15, 0.2) is 24.3 Å². The number of anilines is 1. The molecule has 4 heteroatoms. The summed E-state index contributed by atoms with van der Waals surface area (Å²) < 4.78 is 18.4. The predicted molar refractivity (Wildman–Crippen MR) is 74.1 cm³/mol. The van der Waals surface area contributed by atoms with Gasteiger partial charge in [-0.05, 0) is 37.6 Å². The minimum absolute atomic E-state index is 0.267. The molecule has 0 spiro atoms. The van der Waals surface area contributed by atoms with Crippen LogP contribution in [-0.2, 0) is 6.54 Å². The average Bonchev–Trinajstić information content (AvgIpc) is 2.65. The molecule has 2 aromatic rings. The van der Waals surface area contributed by atoms with Gasteiger partial charge in [-0.1, -0.05) is 0 Å². The maximum Gasteiger partial charge on any atom is 0.167 e. The third-order valence-electron chi connectivity index (χ3n) is 2.78. The molecule has 0 bridgehead atoms. The molecule has 0 saturated heterocycles. The van der Waals surface area contributed by atoms with Gasteiger partial charge in [-0.2, -0.15) is 0 Å². The molecule has 1 N–H and O–H groups in total. The van der Waals surface area contributed by atoms with Gasteiger partial charge >= 0.3 is 0 Å². The van der Waals surface area contributed by atoms with E-state index < -0.39 is 0 Å². The summed E-state index contributed by atoms with van der Waals surface area (Å²) in [7, 11) is 1.46. The third kappa shape index (κ3) is 2.82. The lowest BCUT2D eigenvalue weighted by atomic mass is 10.2. The van der Waals surface area contributed by atoms with Gasteiger partial charge in [-0.25, -0.2) is 4.39 Å². The highest BCUT2D eigenvalue weighted by Crippen LogP contribution is 2.24. The summed E-state index contributed by atoms with van der Waals surface area (Å²) in [6.07, 6.45) is 0. The van der Waals surface area contributed by atoms with Crippen molar-refractivity contribution in [2.45, 2.75) is 20.4 Å². The lowest BCUT2D eigenvalue weighted by molar-refractivity contribution is 0.386. The number of benzene rings is 1. The number of hydrogen-bond acceptors (Lipinski definition) is 3. The number of hydrogen-bond donors (Lipinski definition) is 1. The van der Waals surface area contributed by atoms with Gasteiger partial charge in [-0.3, -0.25) is 0 Å². The molecule has 2 rings (SSSR count). The van der Waals surface area contributed by atoms with E-state index in [1.54, 1.807) is 17.4 Å². The highest BCUT2D eigenvalue weighted by molar-refractivity contribution is 7.12. The van der Waals surface area contributed by atoms with Crippen molar-refractivity contribution in [2.75, 3.05) is 12.4 Å². The van der Waals surface area contributed by atoms with Gasteiger partial charge in [0.2, 0.25) is 0 Å². The first kappa shape index (κ1) is 12.9. The van der Waals surface area contributed by atoms with Gasteiger partial charge in [-0.15, -0.1) is 11.3 Å². The summed E-state index contributed by atoms with van der Waals surface area (Å²) in [5.74, 6) is -0.0798. The topological polar surface area (TPSA) is 21.3 Å². The zero-order valence-electron chi connectivity index (χ0n) is 10.7. The van der Waals surface area contributed by atoms with Crippen molar-refractivity contribution in [1.29, 1.82) is 0 Å². The molecule has 0 amide bonds. The van der Waals surface area contributed by atoms with Gasteiger partial charge in [0.1, 0.15) is 0 Å². The highest BCUT2D eigenvalue weighted by Gasteiger charge is 2.05. The molecular weight excluding hydrogens is 249 g/mol. The quantitative estimate of drug-likeness (QED) is 0.897. The number of aryl methyl sites for hydroxylation is 2. The second-order valence-corrected chi connectivity index (χ2v) is 5.60. The zero-order chi connectivity index (χ0) is 13.1. The Labute approximate surface area is 110 Å². The fourth-order valence-corrected chi connectivity index (χ4v) is 2.78. The third-order valence-corrected chi connectivity index (χ3v) is 3.79. The average molecular weight is 265 g/mol. The summed E-state index contributed by atoms with van der Waals surface area (Å²) in [6.45, 7) is 4.90. The SMILES string of the molecule is COc1ccc(NCc2cc(C)sc2C)cc1F. The smallest absolute Gasteiger partial charge is 0.167 e. The van der Waals surface area contributed by atoms with Crippen LogP contribution in [0.1, 0.15) is 15.3 Å². The van der Waals surface area contributed by atoms with Gasteiger partial charge < -0.3 is 10.1 Å². The van der Waals surface area contributed by atoms with Crippen molar-refractivity contribution in [3.63, 3.8) is 0 Å². The second-order valence-electron chi connectivity index (χ2n) is 4.14. The van der Waals surface area contributed by atoms with E-state index >= 15 is 0 Å². The van der Waals surface area contributed by atoms with Crippen molar-refractivity contribution in [3.05, 3.63) is 45.4 Å². The standard InChI is InChI=1S/C14H16FNOS/c1-9-6-11(10(2)18-9)8-16-12-4-5-14(17-3)13(15)7-12/h4-7,16H,8H2,1-3H3. The number of halogens is 1. The zero-order valence-corrected chi connectivity index (χ0v) is 11.5. The molecule has 0 fully saturated rings. The van der Waals surface area contributed by atoms with E-state index in [1.165, 1.54) is 28.5 Å². The van der Waals surface area contributed by atoms with E-state index in [0.29, 0.717) is 6.54 Å². The van der Waals surface area contributed by atoms with E-state index in [-0.39, 0.29) is 11.6 Å². The van der Waals surface area contributed by atoms with Crippen molar-refractivity contribution in [1.82, 2.24) is 0 Å². The summed E-state index contributed by atoms with van der Waals surface area (Å²) >= 11 is 1.78. The number of thiophene rings is 1. The Hall–Kier alpha value is -1.55. The van der Waals surface area contributed by atoms with Crippen LogP contribution in [0.3, 0.4) is 0 Å². The molecule has 0 radical (unpaired) electrons. The molecule has 0 aliphatic rings. The Morgan fingerprint density at radius 3 is 2.61 bits per heavy atom. The molecule has 0 unspecified atom stereocenters. The number of rotatable bonds is 4. The molecule has 0 saturated carbocycles. The van der Waals surface area contributed by atoms with Gasteiger partial charge in [0, 0.05) is 28.1 Å². The predicted octanol–water partition coefficient (Wildman–Crippen LogP) is 4.12. The first-order valence-electron chi connectivity index (χ1n) is 5.73. The molecule has 2 nitrogen and oxygen atoms in total. The lowest BCUT2D eigenvalue weighted by Gasteiger charge is -2.08. The van der Waals surface area contributed by atoms with Crippen LogP contribution in [0.5, 0.6) is 5.75 Å². The maximum absolute atomic E-state index is 13.5. The second kappa shape index (κ2) is 5.40. The Balaban J connectivity index is 2.06. The summed E-state index contributed by atoms with van der Waals surface area (Å²) in [5.41, 5.74) is 2.02. The van der Waals surface area contributed by atoms with E-state index in [9.17, 15) is 4.39 Å². The molecule has 0 aliphatic heterocycles. The van der Waals surface area contributed by atoms with Gasteiger partial charge in [0.15, 0.2) is 11.6 Å². The molecule has 96 valence electrons. The number of ether oxygens (including phenoxy) is 1. The largest absolute Gasteiger partial charge is 0.494 e. The van der Waals surface area contributed by atoms with Crippen LogP contribution >= 0.6 is 11.3 Å². The Bertz CT molecular complexity index is 551. The van der Waals surface area contributed by atoms with Crippen LogP contribution in [0.4, 0.5) is 10.1 Å². The minimum atomic E-state index is -0.347. The van der Waals surface area contributed by atoms with Crippen LogP contribution in [0.25, 0.3) is 0 Å². The molecule has 18 heavy (non-hydrogen) atoms. The van der Waals surface area contributed by atoms with Gasteiger partial charge in [0.25, 0.3) is 0 Å². The summed E-state index contributed by atoms with van der Waals surface area (Å²) in [6, 6.07) is 7.06. The van der Waals surface area contributed by atoms with Crippen molar-refractivity contribution in [2.24, 2.45) is 0 Å². The monoisotopic (exact) mass is 265 g/mol. The highest BCUT2D eigenvalue weighted by atomic mass is 32.1. The van der Waals surface area contributed by atoms with E-state index in [2.05, 4.69) is 25.2 Å². The molecule has 0 aliphatic carbocycles. The fraction of sp³-hybridized carbons (Fsp3) is 0.286. The normalized spacial score (nSPS) is 10.4. The van der Waals surface area contributed by atoms with Gasteiger partial charge in [0.05, 0.1) is 7.11 Å². The first-order valence-corrected chi connectivity index (χ1v) is 6.55. The van der Waals surface area contributed by atoms with E-state index in [4.69, 9.17) is 4.74 Å². The summed E-state index contributed by atoms with van der Waals surface area (Å²) in [4.78, 5) is 2.60. The number of methoxy groups -OCH3 is 1.